The fourth-order valence-corrected chi connectivity index (χ4v) is 2.36. The molecule has 0 saturated carbocycles. The second-order valence-electron chi connectivity index (χ2n) is 4.59. The number of nitriles is 1. The Balaban J connectivity index is 1.64. The molecular weight excluding hydrogens is 314 g/mol. The van der Waals surface area contributed by atoms with E-state index >= 15 is 0 Å². The molecule has 0 atom stereocenters. The Bertz CT molecular complexity index is 690. The highest BCUT2D eigenvalue weighted by Gasteiger charge is 2.06. The molecule has 2 N–H and O–H groups in total. The quantitative estimate of drug-likeness (QED) is 0.811. The van der Waals surface area contributed by atoms with E-state index in [4.69, 9.17) is 10.00 Å². The predicted octanol–water partition coefficient (Wildman–Crippen LogP) is 1.89. The molecule has 0 radical (unpaired) electrons. The normalized spacial score (nSPS) is 9.87. The highest BCUT2D eigenvalue weighted by Crippen LogP contribution is 2.08. The largest absolute Gasteiger partial charge is 0.362 e. The zero-order valence-electron chi connectivity index (χ0n) is 12.2. The molecule has 2 rings (SSSR count). The topological polar surface area (TPSA) is 91.2 Å². The van der Waals surface area contributed by atoms with Gasteiger partial charge in [0.25, 0.3) is 0 Å². The molecule has 0 fully saturated rings. The van der Waals surface area contributed by atoms with Crippen LogP contribution >= 0.6 is 11.3 Å². The van der Waals surface area contributed by atoms with Crippen molar-refractivity contribution in [2.24, 2.45) is 0 Å². The Morgan fingerprint density at radius 3 is 2.52 bits per heavy atom. The Morgan fingerprint density at radius 1 is 1.13 bits per heavy atom. The number of nitrogens with zero attached hydrogens (tertiary/aromatic N) is 1. The van der Waals surface area contributed by atoms with Gasteiger partial charge in [0.1, 0.15) is 13.2 Å². The first-order chi connectivity index (χ1) is 11.2. The summed E-state index contributed by atoms with van der Waals surface area (Å²) in [5.74, 6) is -0.634. The van der Waals surface area contributed by atoms with E-state index in [0.29, 0.717) is 17.8 Å². The summed E-state index contributed by atoms with van der Waals surface area (Å²) in [6.07, 6.45) is 0. The molecule has 0 bridgehead atoms. The van der Waals surface area contributed by atoms with Crippen molar-refractivity contribution in [1.29, 1.82) is 5.26 Å². The maximum atomic E-state index is 11.7. The first-order valence-corrected chi connectivity index (χ1v) is 7.72. The third-order valence-electron chi connectivity index (χ3n) is 2.80. The van der Waals surface area contributed by atoms with Crippen molar-refractivity contribution in [2.45, 2.75) is 6.54 Å². The van der Waals surface area contributed by atoms with Crippen LogP contribution in [-0.2, 0) is 20.9 Å². The Labute approximate surface area is 137 Å². The van der Waals surface area contributed by atoms with Gasteiger partial charge in [-0.1, -0.05) is 6.07 Å². The highest BCUT2D eigenvalue weighted by atomic mass is 32.1. The molecule has 2 amide bonds. The van der Waals surface area contributed by atoms with Gasteiger partial charge in [0.15, 0.2) is 0 Å². The molecule has 118 valence electrons. The number of hydrogen-bond acceptors (Lipinski definition) is 5. The van der Waals surface area contributed by atoms with Crippen molar-refractivity contribution in [3.05, 3.63) is 52.2 Å². The number of amides is 2. The van der Waals surface area contributed by atoms with Crippen molar-refractivity contribution >= 4 is 28.8 Å². The van der Waals surface area contributed by atoms with Crippen LogP contribution in [0.25, 0.3) is 0 Å². The van der Waals surface area contributed by atoms with Gasteiger partial charge in [-0.3, -0.25) is 9.59 Å². The molecule has 2 aromatic rings. The van der Waals surface area contributed by atoms with E-state index in [-0.39, 0.29) is 25.0 Å². The Morgan fingerprint density at radius 2 is 1.87 bits per heavy atom. The average molecular weight is 329 g/mol. The van der Waals surface area contributed by atoms with Gasteiger partial charge >= 0.3 is 0 Å². The first kappa shape index (κ1) is 16.7. The molecule has 0 spiro atoms. The molecule has 23 heavy (non-hydrogen) atoms. The van der Waals surface area contributed by atoms with E-state index in [1.807, 2.05) is 23.6 Å². The standard InChI is InChI=1S/C16H15N3O3S/c17-8-12-3-5-13(6-4-12)19-16(21)11-22-10-15(20)18-9-14-2-1-7-23-14/h1-7H,9-11H2,(H,18,20)(H,19,21). The molecule has 0 aliphatic rings. The van der Waals surface area contributed by atoms with E-state index in [0.717, 1.165) is 4.88 Å². The van der Waals surface area contributed by atoms with Crippen LogP contribution in [0.15, 0.2) is 41.8 Å². The van der Waals surface area contributed by atoms with Gasteiger partial charge in [-0.15, -0.1) is 11.3 Å². The minimum absolute atomic E-state index is 0.174. The number of carbonyl (C=O) groups is 2. The number of anilines is 1. The number of rotatable bonds is 7. The molecular formula is C16H15N3O3S. The average Bonchev–Trinajstić information content (AvgIpc) is 3.07. The summed E-state index contributed by atoms with van der Waals surface area (Å²) in [5, 5.41) is 15.9. The summed E-state index contributed by atoms with van der Waals surface area (Å²) in [6, 6.07) is 12.3. The zero-order chi connectivity index (χ0) is 16.5. The molecule has 7 heteroatoms. The van der Waals surface area contributed by atoms with Gasteiger partial charge in [-0.05, 0) is 35.7 Å². The lowest BCUT2D eigenvalue weighted by atomic mass is 10.2. The number of hydrogen-bond donors (Lipinski definition) is 2. The van der Waals surface area contributed by atoms with Crippen LogP contribution in [0.2, 0.25) is 0 Å². The van der Waals surface area contributed by atoms with Gasteiger partial charge in [-0.2, -0.15) is 5.26 Å². The van der Waals surface area contributed by atoms with E-state index in [9.17, 15) is 9.59 Å². The van der Waals surface area contributed by atoms with Crippen molar-refractivity contribution < 1.29 is 14.3 Å². The summed E-state index contributed by atoms with van der Waals surface area (Å²) in [6.45, 7) is 0.0654. The summed E-state index contributed by atoms with van der Waals surface area (Å²) >= 11 is 1.56. The summed E-state index contributed by atoms with van der Waals surface area (Å²) in [4.78, 5) is 24.3. The van der Waals surface area contributed by atoms with Crippen molar-refractivity contribution in [3.8, 4) is 6.07 Å². The summed E-state index contributed by atoms with van der Waals surface area (Å²) in [7, 11) is 0. The first-order valence-electron chi connectivity index (χ1n) is 6.84. The van der Waals surface area contributed by atoms with Crippen LogP contribution in [0, 0.1) is 11.3 Å². The molecule has 6 nitrogen and oxygen atoms in total. The van der Waals surface area contributed by atoms with Crippen LogP contribution in [0.5, 0.6) is 0 Å². The van der Waals surface area contributed by atoms with Crippen LogP contribution in [0.1, 0.15) is 10.4 Å². The lowest BCUT2D eigenvalue weighted by Gasteiger charge is -2.07. The van der Waals surface area contributed by atoms with Crippen LogP contribution in [0.4, 0.5) is 5.69 Å². The monoisotopic (exact) mass is 329 g/mol. The third kappa shape index (κ3) is 5.90. The molecule has 1 heterocycles. The van der Waals surface area contributed by atoms with Gasteiger partial charge in [0, 0.05) is 10.6 Å². The highest BCUT2D eigenvalue weighted by molar-refractivity contribution is 7.09. The minimum atomic E-state index is -0.360. The van der Waals surface area contributed by atoms with E-state index in [1.54, 1.807) is 35.6 Å². The van der Waals surface area contributed by atoms with Crippen LogP contribution in [-0.4, -0.2) is 25.0 Å². The minimum Gasteiger partial charge on any atom is -0.362 e. The fourth-order valence-electron chi connectivity index (χ4n) is 1.71. The maximum Gasteiger partial charge on any atom is 0.250 e. The molecule has 1 aromatic carbocycles. The molecule has 0 saturated heterocycles. The Hall–Kier alpha value is -2.69. The zero-order valence-corrected chi connectivity index (χ0v) is 13.1. The molecule has 0 aliphatic heterocycles. The second-order valence-corrected chi connectivity index (χ2v) is 5.62. The molecule has 0 aliphatic carbocycles. The van der Waals surface area contributed by atoms with Gasteiger partial charge in [0.05, 0.1) is 18.2 Å². The fraction of sp³-hybridized carbons (Fsp3) is 0.188. The summed E-state index contributed by atoms with van der Waals surface area (Å²) in [5.41, 5.74) is 1.08. The van der Waals surface area contributed by atoms with Gasteiger partial charge in [-0.25, -0.2) is 0 Å². The maximum absolute atomic E-state index is 11.7. The van der Waals surface area contributed by atoms with E-state index in [1.165, 1.54) is 0 Å². The third-order valence-corrected chi connectivity index (χ3v) is 3.68. The SMILES string of the molecule is N#Cc1ccc(NC(=O)COCC(=O)NCc2cccs2)cc1. The number of nitrogens with one attached hydrogen (secondary N) is 2. The van der Waals surface area contributed by atoms with Crippen LogP contribution in [0.3, 0.4) is 0 Å². The number of ether oxygens (including phenoxy) is 1. The molecule has 1 aromatic heterocycles. The number of thiophene rings is 1. The van der Waals surface area contributed by atoms with Crippen molar-refractivity contribution in [1.82, 2.24) is 5.32 Å². The number of benzene rings is 1. The van der Waals surface area contributed by atoms with E-state index in [2.05, 4.69) is 10.6 Å². The van der Waals surface area contributed by atoms with Gasteiger partial charge < -0.3 is 15.4 Å². The van der Waals surface area contributed by atoms with Crippen molar-refractivity contribution in [2.75, 3.05) is 18.5 Å². The Kier molecular flexibility index (Phi) is 6.29. The second kappa shape index (κ2) is 8.68. The summed E-state index contributed by atoms with van der Waals surface area (Å²) < 4.78 is 5.07. The predicted molar refractivity (Wildman–Crippen MR) is 86.8 cm³/mol. The molecule has 0 unspecified atom stereocenters. The number of carbonyl (C=O) groups excluding carboxylic acids is 2. The van der Waals surface area contributed by atoms with Crippen LogP contribution < -0.4 is 10.6 Å². The van der Waals surface area contributed by atoms with E-state index < -0.39 is 0 Å². The van der Waals surface area contributed by atoms with Gasteiger partial charge in [0.2, 0.25) is 11.8 Å². The van der Waals surface area contributed by atoms with Crippen molar-refractivity contribution in [3.63, 3.8) is 0 Å². The lowest BCUT2D eigenvalue weighted by molar-refractivity contribution is -0.128. The smallest absolute Gasteiger partial charge is 0.250 e. The lowest BCUT2D eigenvalue weighted by Crippen LogP contribution is -2.29.